The maximum atomic E-state index is 12.1. The lowest BCUT2D eigenvalue weighted by Gasteiger charge is -2.11. The summed E-state index contributed by atoms with van der Waals surface area (Å²) in [5, 5.41) is 8.71. The second kappa shape index (κ2) is 8.44. The van der Waals surface area contributed by atoms with E-state index in [1.54, 1.807) is 24.3 Å². The summed E-state index contributed by atoms with van der Waals surface area (Å²) >= 11 is 0. The van der Waals surface area contributed by atoms with Crippen LogP contribution in [0.5, 0.6) is 23.0 Å². The van der Waals surface area contributed by atoms with E-state index in [1.165, 1.54) is 24.3 Å². The van der Waals surface area contributed by atoms with E-state index in [1.807, 2.05) is 0 Å². The lowest BCUT2D eigenvalue weighted by molar-refractivity contribution is -0.274. The highest BCUT2D eigenvalue weighted by Gasteiger charge is 2.30. The zero-order valence-electron chi connectivity index (χ0n) is 12.8. The third-order valence-electron chi connectivity index (χ3n) is 2.92. The van der Waals surface area contributed by atoms with Crippen molar-refractivity contribution in [2.75, 3.05) is 13.2 Å². The van der Waals surface area contributed by atoms with Crippen LogP contribution in [0.3, 0.4) is 0 Å². The van der Waals surface area contributed by atoms with E-state index < -0.39 is 6.36 Å². The fraction of sp³-hybridized carbons (Fsp3) is 0.294. The molecule has 2 aromatic rings. The van der Waals surface area contributed by atoms with Crippen LogP contribution in [-0.2, 0) is 0 Å². The van der Waals surface area contributed by atoms with Crippen LogP contribution in [0.15, 0.2) is 48.5 Å². The van der Waals surface area contributed by atoms with Crippen LogP contribution in [-0.4, -0.2) is 24.7 Å². The summed E-state index contributed by atoms with van der Waals surface area (Å²) in [5.74, 6) is 1.18. The molecule has 0 bridgehead atoms. The maximum Gasteiger partial charge on any atom is 0.573 e. The van der Waals surface area contributed by atoms with Crippen LogP contribution in [0.1, 0.15) is 12.8 Å². The van der Waals surface area contributed by atoms with Crippen LogP contribution in [0.4, 0.5) is 13.2 Å². The van der Waals surface area contributed by atoms with Crippen LogP contribution >= 0.6 is 0 Å². The lowest BCUT2D eigenvalue weighted by atomic mass is 10.3. The van der Waals surface area contributed by atoms with Crippen LogP contribution in [0, 0.1) is 0 Å². The Kier molecular flexibility index (Phi) is 6.31. The molecular formula is C17H17F3O4. The highest BCUT2D eigenvalue weighted by atomic mass is 19.4. The van der Waals surface area contributed by atoms with Crippen molar-refractivity contribution in [2.24, 2.45) is 0 Å². The van der Waals surface area contributed by atoms with Crippen molar-refractivity contribution in [2.45, 2.75) is 19.2 Å². The smallest absolute Gasteiger partial charge is 0.493 e. The Hall–Kier alpha value is -2.41. The molecule has 0 radical (unpaired) electrons. The molecule has 2 rings (SSSR count). The topological polar surface area (TPSA) is 47.9 Å². The predicted molar refractivity (Wildman–Crippen MR) is 81.5 cm³/mol. The zero-order valence-corrected chi connectivity index (χ0v) is 12.8. The van der Waals surface area contributed by atoms with Gasteiger partial charge in [-0.15, -0.1) is 13.2 Å². The van der Waals surface area contributed by atoms with Gasteiger partial charge in [0, 0.05) is 12.7 Å². The number of halogens is 3. The molecule has 7 heteroatoms. The summed E-state index contributed by atoms with van der Waals surface area (Å²) in [7, 11) is 0. The standard InChI is InChI=1S/C17H17F3O4/c18-17(19,20)24-14-8-6-13(7-9-14)23-16-5-3-4-15(12-16)22-11-2-1-10-21/h3-9,12,21H,1-2,10-11H2. The van der Waals surface area contributed by atoms with Gasteiger partial charge in [0.25, 0.3) is 0 Å². The summed E-state index contributed by atoms with van der Waals surface area (Å²) in [6, 6.07) is 12.0. The number of alkyl halides is 3. The number of hydrogen-bond acceptors (Lipinski definition) is 4. The molecule has 0 spiro atoms. The Morgan fingerprint density at radius 1 is 0.833 bits per heavy atom. The first-order valence-corrected chi connectivity index (χ1v) is 7.34. The van der Waals surface area contributed by atoms with Crippen molar-refractivity contribution in [3.05, 3.63) is 48.5 Å². The van der Waals surface area contributed by atoms with Crippen LogP contribution < -0.4 is 14.2 Å². The third kappa shape index (κ3) is 6.37. The van der Waals surface area contributed by atoms with E-state index in [9.17, 15) is 13.2 Å². The molecule has 0 saturated carbocycles. The summed E-state index contributed by atoms with van der Waals surface area (Å²) in [6.45, 7) is 0.605. The Bertz CT molecular complexity index is 626. The molecule has 0 aromatic heterocycles. The molecule has 0 aliphatic rings. The monoisotopic (exact) mass is 342 g/mol. The van der Waals surface area contributed by atoms with E-state index in [0.717, 1.165) is 6.42 Å². The fourth-order valence-electron chi connectivity index (χ4n) is 1.88. The first kappa shape index (κ1) is 17.9. The normalized spacial score (nSPS) is 11.2. The maximum absolute atomic E-state index is 12.1. The van der Waals surface area contributed by atoms with Gasteiger partial charge in [0.1, 0.15) is 23.0 Å². The van der Waals surface area contributed by atoms with E-state index in [4.69, 9.17) is 14.6 Å². The number of ether oxygens (including phenoxy) is 3. The molecule has 0 fully saturated rings. The average Bonchev–Trinajstić information content (AvgIpc) is 2.53. The van der Waals surface area contributed by atoms with Crippen molar-refractivity contribution in [3.63, 3.8) is 0 Å². The summed E-state index contributed by atoms with van der Waals surface area (Å²) < 4.78 is 51.2. The Morgan fingerprint density at radius 3 is 2.17 bits per heavy atom. The zero-order chi connectivity index (χ0) is 17.4. The highest BCUT2D eigenvalue weighted by molar-refractivity contribution is 5.38. The van der Waals surface area contributed by atoms with E-state index >= 15 is 0 Å². The molecule has 24 heavy (non-hydrogen) atoms. The van der Waals surface area contributed by atoms with Crippen LogP contribution in [0.2, 0.25) is 0 Å². The molecule has 2 aromatic carbocycles. The molecule has 0 aliphatic carbocycles. The minimum atomic E-state index is -4.72. The molecule has 0 aliphatic heterocycles. The molecule has 0 amide bonds. The number of unbranched alkanes of at least 4 members (excludes halogenated alkanes) is 1. The van der Waals surface area contributed by atoms with Gasteiger partial charge in [-0.3, -0.25) is 0 Å². The molecule has 0 heterocycles. The number of hydrogen-bond donors (Lipinski definition) is 1. The quantitative estimate of drug-likeness (QED) is 0.716. The van der Waals surface area contributed by atoms with Crippen LogP contribution in [0.25, 0.3) is 0 Å². The average molecular weight is 342 g/mol. The van der Waals surface area contributed by atoms with E-state index in [-0.39, 0.29) is 12.4 Å². The van der Waals surface area contributed by atoms with Crippen molar-refractivity contribution >= 4 is 0 Å². The van der Waals surface area contributed by atoms with Crippen molar-refractivity contribution < 1.29 is 32.5 Å². The Balaban J connectivity index is 1.93. The van der Waals surface area contributed by atoms with Gasteiger partial charge in [-0.05, 0) is 49.2 Å². The van der Waals surface area contributed by atoms with Gasteiger partial charge in [0.2, 0.25) is 0 Å². The second-order valence-electron chi connectivity index (χ2n) is 4.88. The Labute approximate surface area is 137 Å². The van der Waals surface area contributed by atoms with Gasteiger partial charge in [0.05, 0.1) is 6.61 Å². The molecule has 1 N–H and O–H groups in total. The molecule has 4 nitrogen and oxygen atoms in total. The second-order valence-corrected chi connectivity index (χ2v) is 4.88. The lowest BCUT2D eigenvalue weighted by Crippen LogP contribution is -2.16. The summed E-state index contributed by atoms with van der Waals surface area (Å²) in [4.78, 5) is 0. The number of rotatable bonds is 8. The molecular weight excluding hydrogens is 325 g/mol. The first-order chi connectivity index (χ1) is 11.5. The van der Waals surface area contributed by atoms with Gasteiger partial charge in [0.15, 0.2) is 0 Å². The minimum absolute atomic E-state index is 0.126. The summed E-state index contributed by atoms with van der Waals surface area (Å²) in [6.07, 6.45) is -3.31. The van der Waals surface area contributed by atoms with Gasteiger partial charge in [-0.2, -0.15) is 0 Å². The molecule has 0 saturated heterocycles. The van der Waals surface area contributed by atoms with Gasteiger partial charge in [-0.1, -0.05) is 6.07 Å². The molecule has 0 unspecified atom stereocenters. The van der Waals surface area contributed by atoms with Crippen molar-refractivity contribution in [1.82, 2.24) is 0 Å². The number of benzene rings is 2. The minimum Gasteiger partial charge on any atom is -0.493 e. The predicted octanol–water partition coefficient (Wildman–Crippen LogP) is 4.53. The van der Waals surface area contributed by atoms with Gasteiger partial charge < -0.3 is 19.3 Å². The number of aliphatic hydroxyl groups is 1. The molecule has 0 atom stereocenters. The Morgan fingerprint density at radius 2 is 1.50 bits per heavy atom. The SMILES string of the molecule is OCCCCOc1cccc(Oc2ccc(OC(F)(F)F)cc2)c1. The fourth-order valence-corrected chi connectivity index (χ4v) is 1.88. The van der Waals surface area contributed by atoms with Gasteiger partial charge >= 0.3 is 6.36 Å². The van der Waals surface area contributed by atoms with Crippen molar-refractivity contribution in [3.8, 4) is 23.0 Å². The van der Waals surface area contributed by atoms with E-state index in [2.05, 4.69) is 4.74 Å². The van der Waals surface area contributed by atoms with Crippen molar-refractivity contribution in [1.29, 1.82) is 0 Å². The van der Waals surface area contributed by atoms with E-state index in [0.29, 0.717) is 30.3 Å². The number of aliphatic hydroxyl groups excluding tert-OH is 1. The largest absolute Gasteiger partial charge is 0.573 e. The highest BCUT2D eigenvalue weighted by Crippen LogP contribution is 2.28. The first-order valence-electron chi connectivity index (χ1n) is 7.34. The third-order valence-corrected chi connectivity index (χ3v) is 2.92. The molecule has 130 valence electrons. The summed E-state index contributed by atoms with van der Waals surface area (Å²) in [5.41, 5.74) is 0. The van der Waals surface area contributed by atoms with Gasteiger partial charge in [-0.25, -0.2) is 0 Å².